The first-order valence-electron chi connectivity index (χ1n) is 5.52. The zero-order valence-corrected chi connectivity index (χ0v) is 12.4. The number of benzene rings is 1. The molecule has 0 N–H and O–H groups in total. The monoisotopic (exact) mass is 341 g/mol. The number of halogens is 3. The Morgan fingerprint density at radius 2 is 2.10 bits per heavy atom. The van der Waals surface area contributed by atoms with E-state index in [0.29, 0.717) is 9.99 Å². The molecule has 0 atom stereocenters. The highest BCUT2D eigenvalue weighted by Gasteiger charge is 2.30. The van der Waals surface area contributed by atoms with Crippen LogP contribution in [0.3, 0.4) is 0 Å². The molecule has 1 aliphatic heterocycles. The molecular weight excluding hydrogens is 332 g/mol. The lowest BCUT2D eigenvalue weighted by molar-refractivity contribution is 0.121. The minimum absolute atomic E-state index is 0.0722. The molecule has 20 heavy (non-hydrogen) atoms. The zero-order valence-electron chi connectivity index (χ0n) is 10.0. The number of rotatable bonds is 6. The van der Waals surface area contributed by atoms with E-state index in [1.54, 1.807) is 6.07 Å². The number of alkyl halides is 3. The van der Waals surface area contributed by atoms with Gasteiger partial charge in [0, 0.05) is 12.4 Å². The molecule has 10 heteroatoms. The average molecular weight is 342 g/mol. The van der Waals surface area contributed by atoms with Gasteiger partial charge in [0.15, 0.2) is 0 Å². The quantitative estimate of drug-likeness (QED) is 0.758. The van der Waals surface area contributed by atoms with Gasteiger partial charge in [-0.05, 0) is 12.1 Å². The lowest BCUT2D eigenvalue weighted by Gasteiger charge is -2.21. The van der Waals surface area contributed by atoms with Crippen LogP contribution in [0.25, 0.3) is 0 Å². The molecule has 1 aromatic carbocycles. The van der Waals surface area contributed by atoms with Crippen LogP contribution in [0.1, 0.15) is 0 Å². The molecular formula is C10H10ClF2N3O2S2. The highest BCUT2D eigenvalue weighted by Crippen LogP contribution is 2.38. The van der Waals surface area contributed by atoms with E-state index in [0.717, 1.165) is 11.4 Å². The van der Waals surface area contributed by atoms with Crippen molar-refractivity contribution < 1.29 is 17.2 Å². The number of sulfonamides is 1. The second kappa shape index (κ2) is 6.25. The van der Waals surface area contributed by atoms with Gasteiger partial charge in [-0.1, -0.05) is 6.07 Å². The van der Waals surface area contributed by atoms with E-state index in [4.69, 9.17) is 11.6 Å². The van der Waals surface area contributed by atoms with Gasteiger partial charge in [0.05, 0.1) is 17.9 Å². The largest absolute Gasteiger partial charge is 0.252 e. The van der Waals surface area contributed by atoms with Gasteiger partial charge in [0.25, 0.3) is 6.43 Å². The molecule has 2 rings (SSSR count). The van der Waals surface area contributed by atoms with Crippen molar-refractivity contribution in [3.8, 4) is 0 Å². The van der Waals surface area contributed by atoms with Crippen molar-refractivity contribution in [2.24, 2.45) is 8.73 Å². The molecule has 1 aliphatic rings. The molecule has 0 aromatic heterocycles. The van der Waals surface area contributed by atoms with Gasteiger partial charge in [0.2, 0.25) is 10.0 Å². The first-order valence-corrected chi connectivity index (χ1v) is 8.23. The fourth-order valence-corrected chi connectivity index (χ4v) is 4.16. The summed E-state index contributed by atoms with van der Waals surface area (Å²) in [7, 11) is -4.08. The van der Waals surface area contributed by atoms with E-state index in [1.165, 1.54) is 12.1 Å². The van der Waals surface area contributed by atoms with E-state index in [1.807, 2.05) is 0 Å². The summed E-state index contributed by atoms with van der Waals surface area (Å²) in [5.41, 5.74) is 0.602. The Bertz CT molecular complexity index is 675. The van der Waals surface area contributed by atoms with Crippen LogP contribution >= 0.6 is 11.6 Å². The Morgan fingerprint density at radius 3 is 2.75 bits per heavy atom. The molecule has 110 valence electrons. The highest BCUT2D eigenvalue weighted by atomic mass is 35.5. The summed E-state index contributed by atoms with van der Waals surface area (Å²) in [6, 6.07) is 4.43. The Labute approximate surface area is 123 Å². The van der Waals surface area contributed by atoms with Crippen LogP contribution in [0.5, 0.6) is 0 Å². The molecule has 0 radical (unpaired) electrons. The minimum atomic E-state index is -4.08. The van der Waals surface area contributed by atoms with Crippen molar-refractivity contribution in [1.82, 2.24) is 4.31 Å². The van der Waals surface area contributed by atoms with E-state index < -0.39 is 23.0 Å². The van der Waals surface area contributed by atoms with Gasteiger partial charge in [-0.3, -0.25) is 0 Å². The maximum Gasteiger partial charge on any atom is 0.252 e. The Kier molecular flexibility index (Phi) is 4.84. The maximum absolute atomic E-state index is 12.5. The van der Waals surface area contributed by atoms with Gasteiger partial charge >= 0.3 is 0 Å². The lowest BCUT2D eigenvalue weighted by atomic mass is 10.3. The van der Waals surface area contributed by atoms with Crippen LogP contribution in [0.2, 0.25) is 0 Å². The van der Waals surface area contributed by atoms with E-state index in [-0.39, 0.29) is 23.0 Å². The summed E-state index contributed by atoms with van der Waals surface area (Å²) in [4.78, 5) is -0.130. The third-order valence-corrected chi connectivity index (χ3v) is 5.15. The molecule has 0 amide bonds. The van der Waals surface area contributed by atoms with Crippen molar-refractivity contribution in [1.29, 1.82) is 0 Å². The minimum Gasteiger partial charge on any atom is -0.209 e. The van der Waals surface area contributed by atoms with Crippen molar-refractivity contribution in [2.75, 3.05) is 19.0 Å². The number of nitrogens with zero attached hydrogens (tertiary/aromatic N) is 3. The normalized spacial score (nSPS) is 13.8. The Morgan fingerprint density at radius 1 is 1.35 bits per heavy atom. The molecule has 1 aromatic rings. The Hall–Kier alpha value is -0.900. The molecule has 1 heterocycles. The second-order valence-corrected chi connectivity index (χ2v) is 6.64. The van der Waals surface area contributed by atoms with Crippen LogP contribution in [-0.4, -0.2) is 38.1 Å². The van der Waals surface area contributed by atoms with Crippen LogP contribution in [0.15, 0.2) is 31.8 Å². The van der Waals surface area contributed by atoms with Gasteiger partial charge in [-0.15, -0.1) is 11.6 Å². The first-order chi connectivity index (χ1) is 9.46. The fraction of sp³-hybridized carbons (Fsp3) is 0.400. The van der Waals surface area contributed by atoms with Crippen molar-refractivity contribution in [3.63, 3.8) is 0 Å². The summed E-state index contributed by atoms with van der Waals surface area (Å²) in [5, 5.41) is 0. The van der Waals surface area contributed by atoms with Gasteiger partial charge in [0.1, 0.15) is 16.3 Å². The first kappa shape index (κ1) is 15.5. The summed E-state index contributed by atoms with van der Waals surface area (Å²) >= 11 is 6.36. The molecule has 0 saturated heterocycles. The summed E-state index contributed by atoms with van der Waals surface area (Å²) in [6.45, 7) is -1.09. The molecule has 0 aliphatic carbocycles. The fourth-order valence-electron chi connectivity index (χ4n) is 1.69. The molecule has 0 bridgehead atoms. The standard InChI is InChI=1S/C10H10ClF2N3O2S2/c11-4-5-16(6-9(12)13)20(17,18)8-3-1-2-7-10(8)15-19-14-7/h1-3,9H,4-6H2. The zero-order chi connectivity index (χ0) is 14.8. The molecule has 0 unspecified atom stereocenters. The SMILES string of the molecule is O=S(=O)(c1cccc2c1N=S=N2)N(CCCl)CC(F)F. The number of hydrogen-bond donors (Lipinski definition) is 0. The highest BCUT2D eigenvalue weighted by molar-refractivity contribution is 7.89. The average Bonchev–Trinajstić information content (AvgIpc) is 2.85. The van der Waals surface area contributed by atoms with E-state index in [2.05, 4.69) is 8.73 Å². The van der Waals surface area contributed by atoms with Crippen LogP contribution in [0.4, 0.5) is 20.2 Å². The topological polar surface area (TPSA) is 62.1 Å². The Balaban J connectivity index is 2.44. The van der Waals surface area contributed by atoms with Crippen molar-refractivity contribution in [3.05, 3.63) is 18.2 Å². The van der Waals surface area contributed by atoms with Crippen LogP contribution < -0.4 is 0 Å². The summed E-state index contributed by atoms with van der Waals surface area (Å²) < 4.78 is 58.5. The van der Waals surface area contributed by atoms with Crippen molar-refractivity contribution in [2.45, 2.75) is 11.3 Å². The van der Waals surface area contributed by atoms with Crippen LogP contribution in [0, 0.1) is 0 Å². The van der Waals surface area contributed by atoms with E-state index >= 15 is 0 Å². The number of fused-ring (bicyclic) bond motifs is 1. The smallest absolute Gasteiger partial charge is 0.209 e. The predicted octanol–water partition coefficient (Wildman–Crippen LogP) is 2.91. The van der Waals surface area contributed by atoms with Crippen molar-refractivity contribution >= 4 is 44.4 Å². The van der Waals surface area contributed by atoms with Gasteiger partial charge < -0.3 is 0 Å². The molecule has 5 nitrogen and oxygen atoms in total. The molecule has 0 fully saturated rings. The molecule has 0 saturated carbocycles. The maximum atomic E-state index is 12.5. The van der Waals surface area contributed by atoms with Gasteiger partial charge in [-0.25, -0.2) is 17.2 Å². The predicted molar refractivity (Wildman–Crippen MR) is 73.5 cm³/mol. The lowest BCUT2D eigenvalue weighted by Crippen LogP contribution is -2.36. The summed E-state index contributed by atoms with van der Waals surface area (Å²) in [5.74, 6) is -0.0722. The second-order valence-electron chi connectivity index (χ2n) is 3.83. The number of hydrogen-bond acceptors (Lipinski definition) is 4. The third kappa shape index (κ3) is 3.05. The molecule has 0 spiro atoms. The van der Waals surface area contributed by atoms with E-state index in [9.17, 15) is 17.2 Å². The summed E-state index contributed by atoms with van der Waals surface area (Å²) in [6.07, 6.45) is -2.78. The van der Waals surface area contributed by atoms with Gasteiger partial charge in [-0.2, -0.15) is 13.0 Å². The van der Waals surface area contributed by atoms with Crippen LogP contribution in [-0.2, 0) is 21.4 Å². The third-order valence-electron chi connectivity index (χ3n) is 2.54.